The first-order valence-electron chi connectivity index (χ1n) is 6.41. The average molecular weight is 360 g/mol. The van der Waals surface area contributed by atoms with Crippen molar-refractivity contribution in [3.8, 4) is 0 Å². The van der Waals surface area contributed by atoms with E-state index in [1.54, 1.807) is 11.8 Å². The third-order valence-corrected chi connectivity index (χ3v) is 5.80. The quantitative estimate of drug-likeness (QED) is 0.827. The van der Waals surface area contributed by atoms with Crippen LogP contribution in [0.4, 0.5) is 0 Å². The third-order valence-electron chi connectivity index (χ3n) is 3.08. The van der Waals surface area contributed by atoms with Crippen molar-refractivity contribution >= 4 is 45.4 Å². The fraction of sp³-hybridized carbons (Fsp3) is 0.500. The van der Waals surface area contributed by atoms with Gasteiger partial charge in [-0.25, -0.2) is 0 Å². The highest BCUT2D eigenvalue weighted by atomic mass is 79.9. The molecule has 2 rings (SSSR count). The van der Waals surface area contributed by atoms with Crippen molar-refractivity contribution in [3.63, 3.8) is 0 Å². The van der Waals surface area contributed by atoms with Crippen LogP contribution < -0.4 is 5.32 Å². The van der Waals surface area contributed by atoms with Crippen LogP contribution in [0.3, 0.4) is 0 Å². The number of nitrogens with one attached hydrogen (secondary N) is 1. The van der Waals surface area contributed by atoms with Crippen molar-refractivity contribution in [2.24, 2.45) is 0 Å². The van der Waals surface area contributed by atoms with Crippen molar-refractivity contribution in [2.75, 3.05) is 17.3 Å². The molecule has 1 aliphatic rings. The van der Waals surface area contributed by atoms with Crippen LogP contribution in [0.25, 0.3) is 0 Å². The summed E-state index contributed by atoms with van der Waals surface area (Å²) in [4.78, 5) is 13.1. The first-order valence-corrected chi connectivity index (χ1v) is 9.34. The highest BCUT2D eigenvalue weighted by molar-refractivity contribution is 9.10. The fourth-order valence-electron chi connectivity index (χ4n) is 2.03. The van der Waals surface area contributed by atoms with E-state index in [1.807, 2.05) is 17.8 Å². The SMILES string of the molecule is Cc1cc(Br)ccc1SCC(=O)NC1CCSCC1. The van der Waals surface area contributed by atoms with Crippen LogP contribution in [0.5, 0.6) is 0 Å². The normalized spacial score (nSPS) is 16.3. The summed E-state index contributed by atoms with van der Waals surface area (Å²) in [5.41, 5.74) is 1.21. The number of amides is 1. The lowest BCUT2D eigenvalue weighted by Gasteiger charge is -2.22. The molecule has 0 saturated carbocycles. The van der Waals surface area contributed by atoms with Gasteiger partial charge in [0.25, 0.3) is 0 Å². The molecule has 1 saturated heterocycles. The highest BCUT2D eigenvalue weighted by Gasteiger charge is 2.16. The van der Waals surface area contributed by atoms with Crippen LogP contribution in [0.15, 0.2) is 27.6 Å². The van der Waals surface area contributed by atoms with Gasteiger partial charge in [-0.2, -0.15) is 11.8 Å². The van der Waals surface area contributed by atoms with Crippen LogP contribution in [0.1, 0.15) is 18.4 Å². The number of aryl methyl sites for hydroxylation is 1. The topological polar surface area (TPSA) is 29.1 Å². The maximum Gasteiger partial charge on any atom is 0.230 e. The average Bonchev–Trinajstić information content (AvgIpc) is 2.39. The lowest BCUT2D eigenvalue weighted by Crippen LogP contribution is -2.38. The molecule has 104 valence electrons. The van der Waals surface area contributed by atoms with Gasteiger partial charge in [0, 0.05) is 15.4 Å². The first kappa shape index (κ1) is 15.3. The number of benzene rings is 1. The van der Waals surface area contributed by atoms with Gasteiger partial charge in [0.2, 0.25) is 5.91 Å². The summed E-state index contributed by atoms with van der Waals surface area (Å²) in [6, 6.07) is 6.55. The van der Waals surface area contributed by atoms with Gasteiger partial charge in [-0.05, 0) is 55.0 Å². The smallest absolute Gasteiger partial charge is 0.230 e. The molecule has 0 aromatic heterocycles. The van der Waals surface area contributed by atoms with Crippen LogP contribution in [-0.4, -0.2) is 29.2 Å². The van der Waals surface area contributed by atoms with Crippen LogP contribution in [0.2, 0.25) is 0 Å². The van der Waals surface area contributed by atoms with Crippen molar-refractivity contribution in [1.29, 1.82) is 0 Å². The van der Waals surface area contributed by atoms with Gasteiger partial charge in [0.15, 0.2) is 0 Å². The van der Waals surface area contributed by atoms with E-state index >= 15 is 0 Å². The number of hydrogen-bond acceptors (Lipinski definition) is 3. The Balaban J connectivity index is 1.79. The van der Waals surface area contributed by atoms with E-state index in [-0.39, 0.29) is 5.91 Å². The number of carbonyl (C=O) groups excluding carboxylic acids is 1. The third kappa shape index (κ3) is 5.04. The minimum atomic E-state index is 0.157. The van der Waals surface area contributed by atoms with Crippen molar-refractivity contribution in [3.05, 3.63) is 28.2 Å². The predicted molar refractivity (Wildman–Crippen MR) is 88.1 cm³/mol. The van der Waals surface area contributed by atoms with Crippen LogP contribution >= 0.6 is 39.5 Å². The fourth-order valence-corrected chi connectivity index (χ4v) is 4.43. The molecule has 19 heavy (non-hydrogen) atoms. The van der Waals surface area contributed by atoms with E-state index in [9.17, 15) is 4.79 Å². The molecular formula is C14H18BrNOS2. The number of carbonyl (C=O) groups is 1. The lowest BCUT2D eigenvalue weighted by atomic mass is 10.1. The predicted octanol–water partition coefficient (Wildman–Crippen LogP) is 3.86. The summed E-state index contributed by atoms with van der Waals surface area (Å²) in [6.07, 6.45) is 2.22. The van der Waals surface area contributed by atoms with Crippen LogP contribution in [0, 0.1) is 6.92 Å². The van der Waals surface area contributed by atoms with Gasteiger partial charge < -0.3 is 5.32 Å². The Kier molecular flexibility index (Phi) is 6.10. The molecule has 0 atom stereocenters. The molecule has 1 heterocycles. The van der Waals surface area contributed by atoms with Crippen molar-refractivity contribution in [2.45, 2.75) is 30.7 Å². The van der Waals surface area contributed by atoms with Crippen molar-refractivity contribution < 1.29 is 4.79 Å². The molecule has 0 radical (unpaired) electrons. The lowest BCUT2D eigenvalue weighted by molar-refractivity contribution is -0.119. The Morgan fingerprint density at radius 1 is 1.47 bits per heavy atom. The number of halogens is 1. The molecule has 1 N–H and O–H groups in total. The van der Waals surface area contributed by atoms with Gasteiger partial charge in [-0.3, -0.25) is 4.79 Å². The Bertz CT molecular complexity index is 447. The molecule has 1 aromatic rings. The summed E-state index contributed by atoms with van der Waals surface area (Å²) < 4.78 is 1.08. The van der Waals surface area contributed by atoms with Gasteiger partial charge in [-0.15, -0.1) is 11.8 Å². The largest absolute Gasteiger partial charge is 0.353 e. The van der Waals surface area contributed by atoms with Crippen LogP contribution in [-0.2, 0) is 4.79 Å². The molecule has 0 bridgehead atoms. The zero-order valence-electron chi connectivity index (χ0n) is 10.9. The highest BCUT2D eigenvalue weighted by Crippen LogP contribution is 2.25. The standard InChI is InChI=1S/C14H18BrNOS2/c1-10-8-11(15)2-3-13(10)19-9-14(17)16-12-4-6-18-7-5-12/h2-3,8,12H,4-7,9H2,1H3,(H,16,17). The Morgan fingerprint density at radius 2 is 2.21 bits per heavy atom. The first-order chi connectivity index (χ1) is 9.15. The molecule has 0 spiro atoms. The molecule has 1 aliphatic heterocycles. The van der Waals surface area contributed by atoms with Gasteiger partial charge in [-0.1, -0.05) is 15.9 Å². The molecule has 5 heteroatoms. The maximum atomic E-state index is 11.9. The monoisotopic (exact) mass is 359 g/mol. The second kappa shape index (κ2) is 7.60. The van der Waals surface area contributed by atoms with E-state index in [4.69, 9.17) is 0 Å². The summed E-state index contributed by atoms with van der Waals surface area (Å²) >= 11 is 7.04. The Hall–Kier alpha value is -0.130. The van der Waals surface area contributed by atoms with E-state index in [0.29, 0.717) is 11.8 Å². The number of hydrogen-bond donors (Lipinski definition) is 1. The van der Waals surface area contributed by atoms with Gasteiger partial charge >= 0.3 is 0 Å². The van der Waals surface area contributed by atoms with E-state index in [2.05, 4.69) is 40.3 Å². The molecule has 0 unspecified atom stereocenters. The summed E-state index contributed by atoms with van der Waals surface area (Å²) in [6.45, 7) is 2.07. The Morgan fingerprint density at radius 3 is 2.89 bits per heavy atom. The Labute approximate surface area is 131 Å². The molecule has 2 nitrogen and oxygen atoms in total. The van der Waals surface area contributed by atoms with Gasteiger partial charge in [0.1, 0.15) is 0 Å². The zero-order chi connectivity index (χ0) is 13.7. The van der Waals surface area contributed by atoms with E-state index < -0.39 is 0 Å². The zero-order valence-corrected chi connectivity index (χ0v) is 14.2. The second-order valence-electron chi connectivity index (χ2n) is 4.65. The maximum absolute atomic E-state index is 11.9. The molecule has 0 aliphatic carbocycles. The van der Waals surface area contributed by atoms with Crippen molar-refractivity contribution in [1.82, 2.24) is 5.32 Å². The van der Waals surface area contributed by atoms with Gasteiger partial charge in [0.05, 0.1) is 5.75 Å². The molecule has 1 amide bonds. The number of thioether (sulfide) groups is 2. The van der Waals surface area contributed by atoms with E-state index in [0.717, 1.165) is 17.3 Å². The second-order valence-corrected chi connectivity index (χ2v) is 7.81. The summed E-state index contributed by atoms with van der Waals surface area (Å²) in [5.74, 6) is 3.00. The molecule has 1 aromatic carbocycles. The minimum Gasteiger partial charge on any atom is -0.353 e. The summed E-state index contributed by atoms with van der Waals surface area (Å²) in [7, 11) is 0. The molecular weight excluding hydrogens is 342 g/mol. The number of rotatable bonds is 4. The molecule has 1 fully saturated rings. The summed E-state index contributed by atoms with van der Waals surface area (Å²) in [5, 5.41) is 3.14. The van der Waals surface area contributed by atoms with E-state index in [1.165, 1.54) is 22.0 Å². The minimum absolute atomic E-state index is 0.157.